The van der Waals surface area contributed by atoms with Gasteiger partial charge < -0.3 is 15.0 Å². The monoisotopic (exact) mass is 285 g/mol. The lowest BCUT2D eigenvalue weighted by molar-refractivity contribution is -0.138. The van der Waals surface area contributed by atoms with Gasteiger partial charge in [0.15, 0.2) is 0 Å². The fourth-order valence-corrected chi connectivity index (χ4v) is 1.88. The van der Waals surface area contributed by atoms with Gasteiger partial charge in [-0.05, 0) is 12.1 Å². The molecule has 6 heteroatoms. The van der Waals surface area contributed by atoms with Gasteiger partial charge in [0.2, 0.25) is 5.91 Å². The number of pyridine rings is 1. The fraction of sp³-hybridized carbons (Fsp3) is 0.538. The van der Waals surface area contributed by atoms with Crippen LogP contribution in [0.4, 0.5) is 0 Å². The van der Waals surface area contributed by atoms with Crippen molar-refractivity contribution in [3.05, 3.63) is 30.1 Å². The molecule has 1 aliphatic rings. The van der Waals surface area contributed by atoms with Crippen LogP contribution in [0.25, 0.3) is 0 Å². The second kappa shape index (κ2) is 8.09. The van der Waals surface area contributed by atoms with E-state index in [1.54, 1.807) is 13.3 Å². The van der Waals surface area contributed by atoms with Crippen LogP contribution in [0, 0.1) is 5.92 Å². The first-order chi connectivity index (χ1) is 8.81. The van der Waals surface area contributed by atoms with Gasteiger partial charge >= 0.3 is 0 Å². The summed E-state index contributed by atoms with van der Waals surface area (Å²) in [5.74, 6) is 0.307. The van der Waals surface area contributed by atoms with E-state index >= 15 is 0 Å². The van der Waals surface area contributed by atoms with E-state index in [1.165, 1.54) is 0 Å². The first-order valence-electron chi connectivity index (χ1n) is 6.19. The van der Waals surface area contributed by atoms with Gasteiger partial charge in [0.05, 0.1) is 24.8 Å². The van der Waals surface area contributed by atoms with Crippen LogP contribution in [0.5, 0.6) is 0 Å². The first-order valence-corrected chi connectivity index (χ1v) is 6.19. The molecule has 1 aliphatic heterocycles. The van der Waals surface area contributed by atoms with Crippen LogP contribution in [0.15, 0.2) is 24.4 Å². The molecule has 2 rings (SSSR count). The number of ether oxygens (including phenoxy) is 1. The molecule has 5 nitrogen and oxygen atoms in total. The molecule has 0 atom stereocenters. The molecule has 0 aromatic carbocycles. The average molecular weight is 286 g/mol. The van der Waals surface area contributed by atoms with Crippen molar-refractivity contribution in [3.63, 3.8) is 0 Å². The van der Waals surface area contributed by atoms with E-state index < -0.39 is 0 Å². The average Bonchev–Trinajstić information content (AvgIpc) is 2.33. The molecule has 1 aromatic heterocycles. The highest BCUT2D eigenvalue weighted by Crippen LogP contribution is 2.11. The van der Waals surface area contributed by atoms with Crippen molar-refractivity contribution in [1.29, 1.82) is 0 Å². The number of rotatable bonds is 6. The van der Waals surface area contributed by atoms with Crippen LogP contribution in [-0.2, 0) is 16.1 Å². The Balaban J connectivity index is 0.00000180. The molecule has 1 aromatic rings. The molecule has 1 fully saturated rings. The number of aromatic nitrogens is 1. The van der Waals surface area contributed by atoms with Gasteiger partial charge in [-0.2, -0.15) is 0 Å². The SMILES string of the molecule is COCCN(Cc1ccccn1)C(=O)C1CNC1.Cl. The summed E-state index contributed by atoms with van der Waals surface area (Å²) in [7, 11) is 1.65. The summed E-state index contributed by atoms with van der Waals surface area (Å²) in [5, 5.41) is 3.12. The first kappa shape index (κ1) is 15.9. The molecule has 0 aliphatic carbocycles. The van der Waals surface area contributed by atoms with Gasteiger partial charge in [0.1, 0.15) is 0 Å². The number of methoxy groups -OCH3 is 1. The second-order valence-electron chi connectivity index (χ2n) is 4.43. The van der Waals surface area contributed by atoms with Crippen molar-refractivity contribution in [2.75, 3.05) is 33.4 Å². The maximum atomic E-state index is 12.2. The van der Waals surface area contributed by atoms with E-state index in [0.29, 0.717) is 19.7 Å². The number of carbonyl (C=O) groups is 1. The van der Waals surface area contributed by atoms with E-state index in [0.717, 1.165) is 18.8 Å². The predicted molar refractivity (Wildman–Crippen MR) is 75.1 cm³/mol. The largest absolute Gasteiger partial charge is 0.383 e. The van der Waals surface area contributed by atoms with Gasteiger partial charge in [-0.15, -0.1) is 12.4 Å². The molecule has 1 amide bonds. The number of carbonyl (C=O) groups excluding carboxylic acids is 1. The molecule has 0 spiro atoms. The van der Waals surface area contributed by atoms with E-state index in [1.807, 2.05) is 23.1 Å². The lowest BCUT2D eigenvalue weighted by Gasteiger charge is -2.32. The Bertz CT molecular complexity index is 385. The van der Waals surface area contributed by atoms with Gasteiger partial charge in [-0.3, -0.25) is 9.78 Å². The number of nitrogens with zero attached hydrogens (tertiary/aromatic N) is 2. The quantitative estimate of drug-likeness (QED) is 0.836. The Morgan fingerprint density at radius 3 is 2.84 bits per heavy atom. The standard InChI is InChI=1S/C13H19N3O2.ClH/c1-18-7-6-16(13(17)11-8-14-9-11)10-12-4-2-3-5-15-12;/h2-5,11,14H,6-10H2,1H3;1H. The van der Waals surface area contributed by atoms with Crippen LogP contribution >= 0.6 is 12.4 Å². The van der Waals surface area contributed by atoms with E-state index in [2.05, 4.69) is 10.3 Å². The Morgan fingerprint density at radius 1 is 1.53 bits per heavy atom. The predicted octanol–water partition coefficient (Wildman–Crippen LogP) is 0.698. The van der Waals surface area contributed by atoms with E-state index in [4.69, 9.17) is 4.74 Å². The minimum Gasteiger partial charge on any atom is -0.383 e. The fourth-order valence-electron chi connectivity index (χ4n) is 1.88. The van der Waals surface area contributed by atoms with Crippen molar-refractivity contribution in [1.82, 2.24) is 15.2 Å². The molecule has 1 N–H and O–H groups in total. The normalized spacial score (nSPS) is 14.4. The Labute approximate surface area is 119 Å². The number of hydrogen-bond donors (Lipinski definition) is 1. The molecular weight excluding hydrogens is 266 g/mol. The number of nitrogens with one attached hydrogen (secondary N) is 1. The third-order valence-corrected chi connectivity index (χ3v) is 3.09. The molecule has 1 saturated heterocycles. The smallest absolute Gasteiger partial charge is 0.228 e. The molecule has 0 bridgehead atoms. The highest BCUT2D eigenvalue weighted by atomic mass is 35.5. The highest BCUT2D eigenvalue weighted by Gasteiger charge is 2.29. The minimum atomic E-state index is 0. The van der Waals surface area contributed by atoms with Crippen LogP contribution in [-0.4, -0.2) is 49.1 Å². The van der Waals surface area contributed by atoms with Crippen molar-refractivity contribution in [3.8, 4) is 0 Å². The molecule has 19 heavy (non-hydrogen) atoms. The van der Waals surface area contributed by atoms with Crippen molar-refractivity contribution in [2.24, 2.45) is 5.92 Å². The topological polar surface area (TPSA) is 54.5 Å². The van der Waals surface area contributed by atoms with Crippen LogP contribution < -0.4 is 5.32 Å². The molecule has 0 radical (unpaired) electrons. The third kappa shape index (κ3) is 4.45. The van der Waals surface area contributed by atoms with Gasteiger partial charge in [0.25, 0.3) is 0 Å². The lowest BCUT2D eigenvalue weighted by atomic mass is 10.0. The lowest BCUT2D eigenvalue weighted by Crippen LogP contribution is -2.52. The summed E-state index contributed by atoms with van der Waals surface area (Å²) in [5.41, 5.74) is 0.911. The van der Waals surface area contributed by atoms with Crippen LogP contribution in [0.2, 0.25) is 0 Å². The minimum absolute atomic E-state index is 0. The Kier molecular flexibility index (Phi) is 6.77. The molecular formula is C13H20ClN3O2. The Hall–Kier alpha value is -1.17. The summed E-state index contributed by atoms with van der Waals surface area (Å²) in [4.78, 5) is 18.3. The highest BCUT2D eigenvalue weighted by molar-refractivity contribution is 5.85. The summed E-state index contributed by atoms with van der Waals surface area (Å²) < 4.78 is 5.06. The third-order valence-electron chi connectivity index (χ3n) is 3.09. The molecule has 2 heterocycles. The van der Waals surface area contributed by atoms with Gasteiger partial charge in [-0.1, -0.05) is 6.07 Å². The van der Waals surface area contributed by atoms with E-state index in [-0.39, 0.29) is 24.2 Å². The number of hydrogen-bond acceptors (Lipinski definition) is 4. The van der Waals surface area contributed by atoms with Gasteiger partial charge in [-0.25, -0.2) is 0 Å². The molecule has 0 saturated carbocycles. The molecule has 106 valence electrons. The van der Waals surface area contributed by atoms with Gasteiger partial charge in [0, 0.05) is 32.9 Å². The summed E-state index contributed by atoms with van der Waals surface area (Å²) in [6.45, 7) is 3.29. The maximum Gasteiger partial charge on any atom is 0.228 e. The summed E-state index contributed by atoms with van der Waals surface area (Å²) in [6.07, 6.45) is 1.75. The second-order valence-corrected chi connectivity index (χ2v) is 4.43. The van der Waals surface area contributed by atoms with Crippen molar-refractivity contribution in [2.45, 2.75) is 6.54 Å². The van der Waals surface area contributed by atoms with Crippen molar-refractivity contribution >= 4 is 18.3 Å². The summed E-state index contributed by atoms with van der Waals surface area (Å²) >= 11 is 0. The Morgan fingerprint density at radius 2 is 2.32 bits per heavy atom. The van der Waals surface area contributed by atoms with Crippen LogP contribution in [0.1, 0.15) is 5.69 Å². The van der Waals surface area contributed by atoms with Crippen molar-refractivity contribution < 1.29 is 9.53 Å². The molecule has 0 unspecified atom stereocenters. The number of halogens is 1. The zero-order valence-corrected chi connectivity index (χ0v) is 11.9. The zero-order valence-electron chi connectivity index (χ0n) is 11.0. The van der Waals surface area contributed by atoms with Crippen LogP contribution in [0.3, 0.4) is 0 Å². The maximum absolute atomic E-state index is 12.2. The van der Waals surface area contributed by atoms with E-state index in [9.17, 15) is 4.79 Å². The summed E-state index contributed by atoms with van der Waals surface area (Å²) in [6, 6.07) is 5.75. The zero-order chi connectivity index (χ0) is 12.8. The number of amides is 1.